The van der Waals surface area contributed by atoms with Gasteiger partial charge in [0, 0.05) is 5.56 Å². The highest BCUT2D eigenvalue weighted by Gasteiger charge is 2.24. The van der Waals surface area contributed by atoms with Crippen molar-refractivity contribution in [3.8, 4) is 5.75 Å². The van der Waals surface area contributed by atoms with Gasteiger partial charge in [-0.3, -0.25) is 4.79 Å². The molecule has 20 heavy (non-hydrogen) atoms. The van der Waals surface area contributed by atoms with Gasteiger partial charge in [0.05, 0.1) is 11.7 Å². The number of rotatable bonds is 4. The van der Waals surface area contributed by atoms with Crippen LogP contribution in [0.25, 0.3) is 0 Å². The monoisotopic (exact) mass is 274 g/mol. The van der Waals surface area contributed by atoms with Crippen LogP contribution in [0.3, 0.4) is 0 Å². The van der Waals surface area contributed by atoms with Crippen molar-refractivity contribution >= 4 is 5.78 Å². The highest BCUT2D eigenvalue weighted by molar-refractivity contribution is 6.09. The Morgan fingerprint density at radius 1 is 1.10 bits per heavy atom. The molecular weight excluding hydrogens is 262 g/mol. The Labute approximate surface area is 115 Å². The highest BCUT2D eigenvalue weighted by Crippen LogP contribution is 2.27. The summed E-state index contributed by atoms with van der Waals surface area (Å²) in [4.78, 5) is 12.2. The lowest BCUT2D eigenvalue weighted by Crippen LogP contribution is -2.06. The number of carbonyl (C=O) groups excluding carboxylic acids is 1. The van der Waals surface area contributed by atoms with E-state index in [1.807, 2.05) is 0 Å². The fourth-order valence-electron chi connectivity index (χ4n) is 1.92. The van der Waals surface area contributed by atoms with Gasteiger partial charge < -0.3 is 4.74 Å². The predicted octanol–water partition coefficient (Wildman–Crippen LogP) is 3.74. The Morgan fingerprint density at radius 3 is 2.60 bits per heavy atom. The average Bonchev–Trinajstić information content (AvgIpc) is 3.25. The van der Waals surface area contributed by atoms with E-state index >= 15 is 0 Å². The second-order valence-corrected chi connectivity index (χ2v) is 4.78. The Bertz CT molecular complexity index is 663. The summed E-state index contributed by atoms with van der Waals surface area (Å²) in [7, 11) is 0. The van der Waals surface area contributed by atoms with Crippen LogP contribution in [0.2, 0.25) is 0 Å². The largest absolute Gasteiger partial charge is 0.490 e. The van der Waals surface area contributed by atoms with Crippen molar-refractivity contribution in [1.29, 1.82) is 0 Å². The molecule has 2 nitrogen and oxygen atoms in total. The quantitative estimate of drug-likeness (QED) is 0.794. The molecule has 1 aliphatic carbocycles. The van der Waals surface area contributed by atoms with Gasteiger partial charge in [-0.2, -0.15) is 0 Å². The topological polar surface area (TPSA) is 26.3 Å². The van der Waals surface area contributed by atoms with Crippen LogP contribution in [0.15, 0.2) is 42.5 Å². The lowest BCUT2D eigenvalue weighted by Gasteiger charge is -2.07. The Kier molecular flexibility index (Phi) is 3.22. The van der Waals surface area contributed by atoms with Gasteiger partial charge in [0.15, 0.2) is 17.4 Å². The van der Waals surface area contributed by atoms with Crippen molar-refractivity contribution < 1.29 is 18.3 Å². The van der Waals surface area contributed by atoms with Gasteiger partial charge >= 0.3 is 0 Å². The second kappa shape index (κ2) is 5.04. The van der Waals surface area contributed by atoms with Gasteiger partial charge in [-0.25, -0.2) is 8.78 Å². The molecule has 0 radical (unpaired) electrons. The van der Waals surface area contributed by atoms with Gasteiger partial charge in [0.25, 0.3) is 0 Å². The molecule has 0 N–H and O–H groups in total. The number of hydrogen-bond acceptors (Lipinski definition) is 2. The van der Waals surface area contributed by atoms with Crippen LogP contribution in [0.5, 0.6) is 5.75 Å². The fourth-order valence-corrected chi connectivity index (χ4v) is 1.92. The molecule has 0 aromatic heterocycles. The van der Waals surface area contributed by atoms with Gasteiger partial charge in [0.2, 0.25) is 0 Å². The molecule has 2 aromatic carbocycles. The van der Waals surface area contributed by atoms with Crippen molar-refractivity contribution in [2.45, 2.75) is 18.9 Å². The van der Waals surface area contributed by atoms with E-state index in [1.165, 1.54) is 12.1 Å². The van der Waals surface area contributed by atoms with Crippen molar-refractivity contribution in [2.75, 3.05) is 0 Å². The molecule has 0 aliphatic heterocycles. The number of hydrogen-bond donors (Lipinski definition) is 0. The lowest BCUT2D eigenvalue weighted by molar-refractivity contribution is 0.103. The summed E-state index contributed by atoms with van der Waals surface area (Å²) < 4.78 is 32.4. The van der Waals surface area contributed by atoms with Gasteiger partial charge in [0.1, 0.15) is 5.75 Å². The van der Waals surface area contributed by atoms with Crippen LogP contribution < -0.4 is 4.74 Å². The zero-order valence-electron chi connectivity index (χ0n) is 10.6. The maximum absolute atomic E-state index is 13.6. The van der Waals surface area contributed by atoms with Crippen LogP contribution in [-0.2, 0) is 0 Å². The minimum Gasteiger partial charge on any atom is -0.490 e. The summed E-state index contributed by atoms with van der Waals surface area (Å²) in [5.41, 5.74) is 0.0150. The third-order valence-electron chi connectivity index (χ3n) is 3.12. The smallest absolute Gasteiger partial charge is 0.196 e. The van der Waals surface area contributed by atoms with Crippen molar-refractivity contribution in [2.24, 2.45) is 0 Å². The van der Waals surface area contributed by atoms with Crippen LogP contribution >= 0.6 is 0 Å². The molecule has 0 saturated heterocycles. The first-order valence-electron chi connectivity index (χ1n) is 6.40. The number of ether oxygens (including phenoxy) is 1. The van der Waals surface area contributed by atoms with Gasteiger partial charge in [-0.05, 0) is 37.1 Å². The number of ketones is 1. The molecule has 0 amide bonds. The molecule has 1 aliphatic rings. The third-order valence-corrected chi connectivity index (χ3v) is 3.12. The number of halogens is 2. The van der Waals surface area contributed by atoms with E-state index in [9.17, 15) is 13.6 Å². The molecule has 102 valence electrons. The standard InChI is InChI=1S/C16H12F2O2/c17-14-6-2-5-13(15(14)18)16(19)10-3-1-4-12(9-10)20-11-7-8-11/h1-6,9,11H,7-8H2. The average molecular weight is 274 g/mol. The van der Waals surface area contributed by atoms with E-state index in [-0.39, 0.29) is 17.2 Å². The Hall–Kier alpha value is -2.23. The summed E-state index contributed by atoms with van der Waals surface area (Å²) in [6.07, 6.45) is 2.24. The van der Waals surface area contributed by atoms with E-state index in [0.29, 0.717) is 5.75 Å². The fraction of sp³-hybridized carbons (Fsp3) is 0.188. The molecule has 0 bridgehead atoms. The first kappa shape index (κ1) is 12.8. The SMILES string of the molecule is O=C(c1cccc(OC2CC2)c1)c1cccc(F)c1F. The van der Waals surface area contributed by atoms with Crippen LogP contribution in [-0.4, -0.2) is 11.9 Å². The van der Waals surface area contributed by atoms with Gasteiger partial charge in [-0.1, -0.05) is 18.2 Å². The zero-order chi connectivity index (χ0) is 14.1. The summed E-state index contributed by atoms with van der Waals surface area (Å²) in [6.45, 7) is 0. The van der Waals surface area contributed by atoms with E-state index in [0.717, 1.165) is 18.9 Å². The van der Waals surface area contributed by atoms with Crippen molar-refractivity contribution in [1.82, 2.24) is 0 Å². The summed E-state index contributed by atoms with van der Waals surface area (Å²) in [6, 6.07) is 10.1. The molecule has 0 atom stereocenters. The van der Waals surface area contributed by atoms with Gasteiger partial charge in [-0.15, -0.1) is 0 Å². The van der Waals surface area contributed by atoms with E-state index < -0.39 is 17.4 Å². The first-order valence-corrected chi connectivity index (χ1v) is 6.40. The zero-order valence-corrected chi connectivity index (χ0v) is 10.6. The van der Waals surface area contributed by atoms with Crippen molar-refractivity contribution in [3.63, 3.8) is 0 Å². The van der Waals surface area contributed by atoms with Crippen LogP contribution in [0, 0.1) is 11.6 Å². The number of benzene rings is 2. The number of carbonyl (C=O) groups is 1. The minimum atomic E-state index is -1.12. The summed E-state index contributed by atoms with van der Waals surface area (Å²) >= 11 is 0. The second-order valence-electron chi connectivity index (χ2n) is 4.78. The van der Waals surface area contributed by atoms with Crippen LogP contribution in [0.4, 0.5) is 8.78 Å². The molecule has 0 heterocycles. The molecule has 1 saturated carbocycles. The summed E-state index contributed by atoms with van der Waals surface area (Å²) in [5, 5.41) is 0. The Morgan fingerprint density at radius 2 is 1.85 bits per heavy atom. The first-order chi connectivity index (χ1) is 9.65. The lowest BCUT2D eigenvalue weighted by atomic mass is 10.0. The maximum atomic E-state index is 13.6. The maximum Gasteiger partial charge on any atom is 0.196 e. The molecule has 4 heteroatoms. The predicted molar refractivity (Wildman–Crippen MR) is 69.9 cm³/mol. The van der Waals surface area contributed by atoms with E-state index in [4.69, 9.17) is 4.74 Å². The Balaban J connectivity index is 1.91. The third kappa shape index (κ3) is 2.54. The molecule has 0 unspecified atom stereocenters. The molecule has 2 aromatic rings. The normalized spacial score (nSPS) is 14.1. The summed E-state index contributed by atoms with van der Waals surface area (Å²) in [5.74, 6) is -2.12. The molecule has 1 fully saturated rings. The van der Waals surface area contributed by atoms with E-state index in [2.05, 4.69) is 0 Å². The highest BCUT2D eigenvalue weighted by atomic mass is 19.2. The molecular formula is C16H12F2O2. The van der Waals surface area contributed by atoms with Crippen molar-refractivity contribution in [3.05, 3.63) is 65.2 Å². The minimum absolute atomic E-state index is 0.214. The molecule has 0 spiro atoms. The van der Waals surface area contributed by atoms with E-state index in [1.54, 1.807) is 24.3 Å². The molecule has 3 rings (SSSR count). The van der Waals surface area contributed by atoms with Crippen LogP contribution in [0.1, 0.15) is 28.8 Å².